The van der Waals surface area contributed by atoms with Crippen LogP contribution in [0.4, 0.5) is 5.69 Å². The molecular formula is C17H11ClN4OS4. The van der Waals surface area contributed by atoms with E-state index in [9.17, 15) is 4.79 Å². The van der Waals surface area contributed by atoms with Crippen LogP contribution in [0, 0.1) is 6.92 Å². The average Bonchev–Trinajstić information content (AvgIpc) is 3.38. The summed E-state index contributed by atoms with van der Waals surface area (Å²) in [5.41, 5.74) is 3.12. The lowest BCUT2D eigenvalue weighted by Gasteiger charge is -2.08. The summed E-state index contributed by atoms with van der Waals surface area (Å²) in [5.74, 6) is -0.177. The Balaban J connectivity index is 1.57. The maximum absolute atomic E-state index is 12.8. The SMILES string of the molecule is Cc1nc(-c2ccc(Cl)s2)sc1C(=O)Nc1ccccc1Sc1nncs1. The maximum atomic E-state index is 12.8. The molecule has 0 atom stereocenters. The number of benzene rings is 1. The van der Waals surface area contributed by atoms with Crippen molar-refractivity contribution in [3.8, 4) is 9.88 Å². The van der Waals surface area contributed by atoms with Crippen molar-refractivity contribution in [1.29, 1.82) is 0 Å². The summed E-state index contributed by atoms with van der Waals surface area (Å²) in [6.45, 7) is 1.84. The molecule has 0 unspecified atom stereocenters. The number of carbonyl (C=O) groups excluding carboxylic acids is 1. The number of amides is 1. The van der Waals surface area contributed by atoms with E-state index < -0.39 is 0 Å². The highest BCUT2D eigenvalue weighted by molar-refractivity contribution is 8.01. The first kappa shape index (κ1) is 18.6. The molecule has 0 spiro atoms. The van der Waals surface area contributed by atoms with E-state index >= 15 is 0 Å². The smallest absolute Gasteiger partial charge is 0.267 e. The Morgan fingerprint density at radius 2 is 2.04 bits per heavy atom. The zero-order valence-electron chi connectivity index (χ0n) is 13.8. The number of hydrogen-bond acceptors (Lipinski definition) is 8. The van der Waals surface area contributed by atoms with Gasteiger partial charge in [-0.1, -0.05) is 46.8 Å². The molecule has 5 nitrogen and oxygen atoms in total. The topological polar surface area (TPSA) is 67.8 Å². The molecule has 27 heavy (non-hydrogen) atoms. The zero-order valence-corrected chi connectivity index (χ0v) is 17.8. The van der Waals surface area contributed by atoms with E-state index in [4.69, 9.17) is 11.6 Å². The van der Waals surface area contributed by atoms with Crippen LogP contribution >= 0.6 is 57.4 Å². The van der Waals surface area contributed by atoms with Gasteiger partial charge in [-0.15, -0.1) is 32.9 Å². The normalized spacial score (nSPS) is 10.9. The van der Waals surface area contributed by atoms with Gasteiger partial charge >= 0.3 is 0 Å². The fourth-order valence-electron chi connectivity index (χ4n) is 2.28. The van der Waals surface area contributed by atoms with Crippen LogP contribution in [-0.4, -0.2) is 21.1 Å². The average molecular weight is 451 g/mol. The lowest BCUT2D eigenvalue weighted by Crippen LogP contribution is -2.12. The summed E-state index contributed by atoms with van der Waals surface area (Å²) >= 11 is 11.8. The highest BCUT2D eigenvalue weighted by atomic mass is 35.5. The number of hydrogen-bond donors (Lipinski definition) is 1. The van der Waals surface area contributed by atoms with E-state index in [1.807, 2.05) is 43.3 Å². The maximum Gasteiger partial charge on any atom is 0.267 e. The number of para-hydroxylation sites is 1. The quantitative estimate of drug-likeness (QED) is 0.398. The Kier molecular flexibility index (Phi) is 5.55. The minimum absolute atomic E-state index is 0.177. The first-order chi connectivity index (χ1) is 13.1. The van der Waals surface area contributed by atoms with Gasteiger partial charge in [0.1, 0.15) is 15.4 Å². The minimum atomic E-state index is -0.177. The van der Waals surface area contributed by atoms with Gasteiger partial charge < -0.3 is 5.32 Å². The third-order valence-electron chi connectivity index (χ3n) is 3.46. The largest absolute Gasteiger partial charge is 0.320 e. The number of thiophene rings is 1. The standard InChI is InChI=1S/C17H11ClN4OS4/c1-9-14(27-16(20-9)12-6-7-13(18)25-12)15(23)21-10-4-2-3-5-11(10)26-17-22-19-8-24-17/h2-8H,1H3,(H,21,23). The summed E-state index contributed by atoms with van der Waals surface area (Å²) in [6, 6.07) is 11.4. The second kappa shape index (κ2) is 8.07. The van der Waals surface area contributed by atoms with Gasteiger partial charge in [0.15, 0.2) is 4.34 Å². The van der Waals surface area contributed by atoms with Gasteiger partial charge in [-0.25, -0.2) is 4.98 Å². The van der Waals surface area contributed by atoms with Crippen LogP contribution in [0.15, 0.2) is 51.1 Å². The zero-order chi connectivity index (χ0) is 18.8. The number of nitrogens with zero attached hydrogens (tertiary/aromatic N) is 3. The number of anilines is 1. The number of aromatic nitrogens is 3. The molecule has 0 aliphatic heterocycles. The minimum Gasteiger partial charge on any atom is -0.320 e. The number of halogens is 1. The summed E-state index contributed by atoms with van der Waals surface area (Å²) < 4.78 is 1.52. The molecule has 3 heterocycles. The highest BCUT2D eigenvalue weighted by Crippen LogP contribution is 2.37. The van der Waals surface area contributed by atoms with E-state index in [1.54, 1.807) is 5.51 Å². The Morgan fingerprint density at radius 3 is 2.78 bits per heavy atom. The van der Waals surface area contributed by atoms with Gasteiger partial charge in [-0.05, 0) is 31.2 Å². The molecule has 0 saturated heterocycles. The second-order valence-corrected chi connectivity index (χ2v) is 10.1. The van der Waals surface area contributed by atoms with Crippen LogP contribution in [0.3, 0.4) is 0 Å². The van der Waals surface area contributed by atoms with Crippen molar-refractivity contribution in [2.24, 2.45) is 0 Å². The van der Waals surface area contributed by atoms with Crippen LogP contribution < -0.4 is 5.32 Å². The fraction of sp³-hybridized carbons (Fsp3) is 0.0588. The van der Waals surface area contributed by atoms with Crippen LogP contribution in [-0.2, 0) is 0 Å². The second-order valence-electron chi connectivity index (χ2n) is 5.29. The Bertz CT molecular complexity index is 1090. The molecule has 4 rings (SSSR count). The molecule has 0 aliphatic rings. The van der Waals surface area contributed by atoms with Crippen molar-refractivity contribution < 1.29 is 4.79 Å². The van der Waals surface area contributed by atoms with Crippen molar-refractivity contribution in [1.82, 2.24) is 15.2 Å². The van der Waals surface area contributed by atoms with Gasteiger partial charge in [0.05, 0.1) is 20.6 Å². The fourth-order valence-corrected chi connectivity index (χ4v) is 5.86. The van der Waals surface area contributed by atoms with Crippen LogP contribution in [0.5, 0.6) is 0 Å². The molecule has 0 saturated carbocycles. The van der Waals surface area contributed by atoms with Gasteiger partial charge in [0.25, 0.3) is 5.91 Å². The van der Waals surface area contributed by atoms with Crippen molar-refractivity contribution in [2.45, 2.75) is 16.2 Å². The molecule has 0 aliphatic carbocycles. The third-order valence-corrected chi connectivity index (χ3v) is 7.87. The number of thiazole rings is 1. The molecule has 1 amide bonds. The van der Waals surface area contributed by atoms with Crippen LogP contribution in [0.2, 0.25) is 4.34 Å². The molecule has 0 fully saturated rings. The Hall–Kier alpha value is -1.78. The molecule has 1 N–H and O–H groups in total. The molecule has 3 aromatic heterocycles. The lowest BCUT2D eigenvalue weighted by atomic mass is 10.3. The van der Waals surface area contributed by atoms with E-state index in [2.05, 4.69) is 20.5 Å². The number of nitrogens with one attached hydrogen (secondary N) is 1. The third kappa shape index (κ3) is 4.22. The van der Waals surface area contributed by atoms with Crippen molar-refractivity contribution in [2.75, 3.05) is 5.32 Å². The Morgan fingerprint density at radius 1 is 1.19 bits per heavy atom. The lowest BCUT2D eigenvalue weighted by molar-refractivity contribution is 0.102. The molecule has 1 aromatic carbocycles. The Labute approximate surface area is 176 Å². The van der Waals surface area contributed by atoms with E-state index in [0.717, 1.165) is 24.8 Å². The summed E-state index contributed by atoms with van der Waals surface area (Å²) in [5, 5.41) is 11.7. The predicted octanol–water partition coefficient (Wildman–Crippen LogP) is 6.09. The highest BCUT2D eigenvalue weighted by Gasteiger charge is 2.18. The molecule has 10 heteroatoms. The van der Waals surface area contributed by atoms with Crippen LogP contribution in [0.1, 0.15) is 15.4 Å². The molecular weight excluding hydrogens is 440 g/mol. The van der Waals surface area contributed by atoms with Gasteiger partial charge in [-0.2, -0.15) is 0 Å². The van der Waals surface area contributed by atoms with Crippen molar-refractivity contribution in [3.63, 3.8) is 0 Å². The van der Waals surface area contributed by atoms with E-state index in [-0.39, 0.29) is 5.91 Å². The first-order valence-corrected chi connectivity index (χ1v) is 11.4. The van der Waals surface area contributed by atoms with E-state index in [0.29, 0.717) is 14.9 Å². The van der Waals surface area contributed by atoms with Crippen LogP contribution in [0.25, 0.3) is 9.88 Å². The molecule has 0 radical (unpaired) electrons. The summed E-state index contributed by atoms with van der Waals surface area (Å²) in [4.78, 5) is 19.8. The van der Waals surface area contributed by atoms with Gasteiger partial charge in [0.2, 0.25) is 0 Å². The van der Waals surface area contributed by atoms with E-state index in [1.165, 1.54) is 45.8 Å². The number of rotatable bonds is 5. The molecule has 4 aromatic rings. The predicted molar refractivity (Wildman–Crippen MR) is 114 cm³/mol. The summed E-state index contributed by atoms with van der Waals surface area (Å²) in [6.07, 6.45) is 0. The number of aryl methyl sites for hydroxylation is 1. The van der Waals surface area contributed by atoms with Gasteiger partial charge in [-0.3, -0.25) is 4.79 Å². The molecule has 0 bridgehead atoms. The van der Waals surface area contributed by atoms with Gasteiger partial charge in [0, 0.05) is 4.90 Å². The summed E-state index contributed by atoms with van der Waals surface area (Å²) in [7, 11) is 0. The van der Waals surface area contributed by atoms with Crippen molar-refractivity contribution in [3.05, 3.63) is 56.8 Å². The number of carbonyl (C=O) groups is 1. The first-order valence-electron chi connectivity index (χ1n) is 7.67. The van der Waals surface area contributed by atoms with Crippen molar-refractivity contribution >= 4 is 69.0 Å². The molecule has 136 valence electrons. The monoisotopic (exact) mass is 450 g/mol.